The van der Waals surface area contributed by atoms with Crippen LogP contribution < -0.4 is 0 Å². The second-order valence-corrected chi connectivity index (χ2v) is 5.43. The van der Waals surface area contributed by atoms with Gasteiger partial charge in [-0.25, -0.2) is 0 Å². The molecule has 0 aromatic rings. The molecule has 0 aliphatic heterocycles. The van der Waals surface area contributed by atoms with Crippen molar-refractivity contribution in [2.24, 2.45) is 0 Å². The van der Waals surface area contributed by atoms with Crippen LogP contribution >= 0.6 is 0 Å². The maximum absolute atomic E-state index is 2.45. The average Bonchev–Trinajstić information content (AvgIpc) is 2.03. The van der Waals surface area contributed by atoms with Crippen LogP contribution in [-0.2, 0) is 0 Å². The van der Waals surface area contributed by atoms with Crippen molar-refractivity contribution in [2.45, 2.75) is 45.1 Å². The summed E-state index contributed by atoms with van der Waals surface area (Å²) < 4.78 is 0. The summed E-state index contributed by atoms with van der Waals surface area (Å²) in [4.78, 5) is 0. The standard InChI is InChI=1S/C9H18Si/c1-2-8-10-9-6-4-3-5-7-9/h3H,2,4-8,10H2,1H3. The van der Waals surface area contributed by atoms with E-state index in [4.69, 9.17) is 0 Å². The van der Waals surface area contributed by atoms with Crippen molar-refractivity contribution in [3.8, 4) is 0 Å². The summed E-state index contributed by atoms with van der Waals surface area (Å²) in [6.45, 7) is 2.31. The zero-order chi connectivity index (χ0) is 7.23. The summed E-state index contributed by atoms with van der Waals surface area (Å²) in [6, 6.07) is 1.55. The molecule has 1 aliphatic carbocycles. The Labute approximate surface area is 67.2 Å². The number of rotatable bonds is 3. The summed E-state index contributed by atoms with van der Waals surface area (Å²) in [5.41, 5.74) is 1.96. The molecule has 0 aromatic heterocycles. The molecule has 0 unspecified atom stereocenters. The van der Waals surface area contributed by atoms with Crippen LogP contribution in [0, 0.1) is 12.0 Å². The molecule has 1 saturated carbocycles. The molecular formula is C9H18Si. The predicted octanol–water partition coefficient (Wildman–Crippen LogP) is 2.29. The van der Waals surface area contributed by atoms with Gasteiger partial charge in [0.15, 0.2) is 0 Å². The highest BCUT2D eigenvalue weighted by molar-refractivity contribution is 6.42. The predicted molar refractivity (Wildman–Crippen MR) is 49.7 cm³/mol. The minimum Gasteiger partial charge on any atom is -0.0657 e. The Balaban J connectivity index is 2.02. The molecule has 10 heavy (non-hydrogen) atoms. The van der Waals surface area contributed by atoms with Crippen LogP contribution in [0.25, 0.3) is 0 Å². The third-order valence-electron chi connectivity index (χ3n) is 2.29. The van der Waals surface area contributed by atoms with Crippen molar-refractivity contribution < 1.29 is 0 Å². The molecule has 0 spiro atoms. The Kier molecular flexibility index (Phi) is 4.11. The van der Waals surface area contributed by atoms with Gasteiger partial charge in [-0.1, -0.05) is 32.2 Å². The lowest BCUT2D eigenvalue weighted by atomic mass is 10.0. The van der Waals surface area contributed by atoms with Gasteiger partial charge in [0, 0.05) is 9.52 Å². The highest BCUT2D eigenvalue weighted by Gasteiger charge is 2.12. The van der Waals surface area contributed by atoms with E-state index in [2.05, 4.69) is 13.3 Å². The zero-order valence-corrected chi connectivity index (χ0v) is 8.44. The molecule has 1 fully saturated rings. The minimum absolute atomic E-state index is 0.262. The van der Waals surface area contributed by atoms with Crippen LogP contribution in [0.5, 0.6) is 0 Å². The number of hydrogen-bond donors (Lipinski definition) is 0. The highest BCUT2D eigenvalue weighted by Crippen LogP contribution is 2.24. The molecule has 0 N–H and O–H groups in total. The fraction of sp³-hybridized carbons (Fsp3) is 0.778. The van der Waals surface area contributed by atoms with Gasteiger partial charge in [-0.15, -0.1) is 0 Å². The SMILES string of the molecule is CCC[SiH2][C]1CC[CH]CC1. The lowest BCUT2D eigenvalue weighted by Gasteiger charge is -2.19. The van der Waals surface area contributed by atoms with Crippen molar-refractivity contribution in [1.29, 1.82) is 0 Å². The van der Waals surface area contributed by atoms with Gasteiger partial charge < -0.3 is 0 Å². The Bertz CT molecular complexity index is 74.8. The van der Waals surface area contributed by atoms with Gasteiger partial charge in [-0.2, -0.15) is 0 Å². The molecule has 0 atom stereocenters. The molecular weight excluding hydrogens is 136 g/mol. The second kappa shape index (κ2) is 4.95. The maximum Gasteiger partial charge on any atom is 0.0274 e. The summed E-state index contributed by atoms with van der Waals surface area (Å²) in [6.07, 6.45) is 9.53. The monoisotopic (exact) mass is 154 g/mol. The Hall–Kier alpha value is 0.217. The fourth-order valence-electron chi connectivity index (χ4n) is 1.56. The topological polar surface area (TPSA) is 0 Å². The van der Waals surface area contributed by atoms with Gasteiger partial charge in [0.25, 0.3) is 0 Å². The molecule has 1 heteroatoms. The molecule has 2 radical (unpaired) electrons. The van der Waals surface area contributed by atoms with E-state index in [0.717, 1.165) is 0 Å². The fourth-order valence-corrected chi connectivity index (χ4v) is 3.32. The van der Waals surface area contributed by atoms with Crippen molar-refractivity contribution in [1.82, 2.24) is 0 Å². The molecule has 0 bridgehead atoms. The molecule has 0 aromatic carbocycles. The van der Waals surface area contributed by atoms with Crippen LogP contribution in [0.4, 0.5) is 0 Å². The quantitative estimate of drug-likeness (QED) is 0.547. The maximum atomic E-state index is 2.45. The molecule has 0 heterocycles. The van der Waals surface area contributed by atoms with E-state index in [-0.39, 0.29) is 9.52 Å². The van der Waals surface area contributed by atoms with E-state index >= 15 is 0 Å². The van der Waals surface area contributed by atoms with Crippen LogP contribution in [-0.4, -0.2) is 9.52 Å². The smallest absolute Gasteiger partial charge is 0.0274 e. The first-order chi connectivity index (χ1) is 4.93. The van der Waals surface area contributed by atoms with Crippen LogP contribution in [0.2, 0.25) is 6.04 Å². The molecule has 58 valence electrons. The molecule has 0 amide bonds. The second-order valence-electron chi connectivity index (χ2n) is 3.22. The van der Waals surface area contributed by atoms with Crippen LogP contribution in [0.3, 0.4) is 0 Å². The molecule has 1 rings (SSSR count). The third-order valence-corrected chi connectivity index (χ3v) is 4.76. The van der Waals surface area contributed by atoms with Gasteiger partial charge in [-0.05, 0) is 24.8 Å². The van der Waals surface area contributed by atoms with E-state index in [9.17, 15) is 0 Å². The van der Waals surface area contributed by atoms with Gasteiger partial charge in [-0.3, -0.25) is 0 Å². The third kappa shape index (κ3) is 2.87. The Morgan fingerprint density at radius 1 is 1.40 bits per heavy atom. The lowest BCUT2D eigenvalue weighted by Crippen LogP contribution is -2.11. The zero-order valence-electron chi connectivity index (χ0n) is 7.03. The van der Waals surface area contributed by atoms with E-state index in [0.29, 0.717) is 0 Å². The number of hydrogen-bond acceptors (Lipinski definition) is 0. The summed E-state index contributed by atoms with van der Waals surface area (Å²) in [5.74, 6) is 0. The lowest BCUT2D eigenvalue weighted by molar-refractivity contribution is 0.683. The van der Waals surface area contributed by atoms with Gasteiger partial charge >= 0.3 is 0 Å². The van der Waals surface area contributed by atoms with Crippen molar-refractivity contribution >= 4 is 9.52 Å². The van der Waals surface area contributed by atoms with Crippen LogP contribution in [0.1, 0.15) is 39.0 Å². The first-order valence-corrected chi connectivity index (χ1v) is 6.29. The summed E-state index contributed by atoms with van der Waals surface area (Å²) in [7, 11) is 0.262. The van der Waals surface area contributed by atoms with Crippen molar-refractivity contribution in [3.63, 3.8) is 0 Å². The van der Waals surface area contributed by atoms with Gasteiger partial charge in [0.05, 0.1) is 0 Å². The van der Waals surface area contributed by atoms with Gasteiger partial charge in [0.2, 0.25) is 0 Å². The van der Waals surface area contributed by atoms with Crippen LogP contribution in [0.15, 0.2) is 0 Å². The minimum atomic E-state index is 0.262. The van der Waals surface area contributed by atoms with Crippen molar-refractivity contribution in [3.05, 3.63) is 12.0 Å². The van der Waals surface area contributed by atoms with E-state index in [1.165, 1.54) is 32.1 Å². The first kappa shape index (κ1) is 8.31. The summed E-state index contributed by atoms with van der Waals surface area (Å²) >= 11 is 0. The average molecular weight is 154 g/mol. The van der Waals surface area contributed by atoms with E-state index in [1.807, 2.05) is 5.54 Å². The highest BCUT2D eigenvalue weighted by atomic mass is 28.2. The Morgan fingerprint density at radius 3 is 2.70 bits per heavy atom. The normalized spacial score (nSPS) is 22.5. The van der Waals surface area contributed by atoms with E-state index in [1.54, 1.807) is 6.04 Å². The van der Waals surface area contributed by atoms with E-state index < -0.39 is 0 Å². The largest absolute Gasteiger partial charge is 0.0657 e. The van der Waals surface area contributed by atoms with Crippen molar-refractivity contribution in [2.75, 3.05) is 0 Å². The Morgan fingerprint density at radius 2 is 2.10 bits per heavy atom. The molecule has 0 nitrogen and oxygen atoms in total. The van der Waals surface area contributed by atoms with Gasteiger partial charge in [0.1, 0.15) is 0 Å². The molecule has 0 saturated heterocycles. The summed E-state index contributed by atoms with van der Waals surface area (Å²) in [5, 5.41) is 0. The first-order valence-electron chi connectivity index (χ1n) is 4.58. The molecule has 1 aliphatic rings.